The van der Waals surface area contributed by atoms with Crippen molar-refractivity contribution >= 4 is 5.69 Å². The lowest BCUT2D eigenvalue weighted by Gasteiger charge is -2.09. The predicted molar refractivity (Wildman–Crippen MR) is 67.3 cm³/mol. The topological polar surface area (TPSA) is 24.9 Å². The van der Waals surface area contributed by atoms with Gasteiger partial charge < -0.3 is 5.32 Å². The van der Waals surface area contributed by atoms with E-state index in [0.717, 1.165) is 23.4 Å². The molecule has 2 nitrogen and oxygen atoms in total. The van der Waals surface area contributed by atoms with Crippen molar-refractivity contribution < 1.29 is 4.39 Å². The molecule has 1 heterocycles. The molecule has 0 amide bonds. The Bertz CT molecular complexity index is 480. The first kappa shape index (κ1) is 11.6. The van der Waals surface area contributed by atoms with Gasteiger partial charge in [0.15, 0.2) is 0 Å². The number of anilines is 1. The van der Waals surface area contributed by atoms with Gasteiger partial charge in [-0.3, -0.25) is 4.98 Å². The lowest BCUT2D eigenvalue weighted by molar-refractivity contribution is 0.627. The summed E-state index contributed by atoms with van der Waals surface area (Å²) in [5.41, 5.74) is 3.14. The van der Waals surface area contributed by atoms with E-state index in [1.54, 1.807) is 18.3 Å². The quantitative estimate of drug-likeness (QED) is 0.870. The summed E-state index contributed by atoms with van der Waals surface area (Å²) in [6.07, 6.45) is 2.69. The highest BCUT2D eigenvalue weighted by atomic mass is 19.1. The second-order valence-corrected chi connectivity index (χ2v) is 3.83. The van der Waals surface area contributed by atoms with Gasteiger partial charge in [0.1, 0.15) is 5.82 Å². The number of aromatic nitrogens is 1. The smallest absolute Gasteiger partial charge is 0.123 e. The zero-order valence-corrected chi connectivity index (χ0v) is 9.78. The monoisotopic (exact) mass is 230 g/mol. The largest absolute Gasteiger partial charge is 0.379 e. The van der Waals surface area contributed by atoms with E-state index >= 15 is 0 Å². The number of hydrogen-bond donors (Lipinski definition) is 1. The van der Waals surface area contributed by atoms with E-state index in [4.69, 9.17) is 0 Å². The van der Waals surface area contributed by atoms with Crippen LogP contribution in [-0.4, -0.2) is 4.98 Å². The van der Waals surface area contributed by atoms with Crippen LogP contribution in [0.25, 0.3) is 0 Å². The average molecular weight is 230 g/mol. The predicted octanol–water partition coefficient (Wildman–Crippen LogP) is 3.40. The minimum Gasteiger partial charge on any atom is -0.379 e. The molecule has 0 saturated heterocycles. The summed E-state index contributed by atoms with van der Waals surface area (Å²) in [6, 6.07) is 10.4. The summed E-state index contributed by atoms with van der Waals surface area (Å²) in [4.78, 5) is 4.30. The first-order chi connectivity index (χ1) is 8.29. The fraction of sp³-hybridized carbons (Fsp3) is 0.214. The van der Waals surface area contributed by atoms with Crippen molar-refractivity contribution in [3.63, 3.8) is 0 Å². The molecule has 0 aliphatic heterocycles. The molecule has 1 aromatic heterocycles. The Balaban J connectivity index is 2.04. The highest BCUT2D eigenvalue weighted by molar-refractivity contribution is 5.47. The van der Waals surface area contributed by atoms with Crippen LogP contribution in [-0.2, 0) is 13.0 Å². The van der Waals surface area contributed by atoms with Crippen LogP contribution >= 0.6 is 0 Å². The fourth-order valence-corrected chi connectivity index (χ4v) is 1.68. The van der Waals surface area contributed by atoms with E-state index in [0.29, 0.717) is 6.54 Å². The Morgan fingerprint density at radius 3 is 2.65 bits per heavy atom. The molecule has 0 spiro atoms. The van der Waals surface area contributed by atoms with Crippen LogP contribution < -0.4 is 5.32 Å². The maximum absolute atomic E-state index is 12.7. The van der Waals surface area contributed by atoms with Gasteiger partial charge in [0, 0.05) is 12.7 Å². The van der Waals surface area contributed by atoms with E-state index in [2.05, 4.69) is 17.2 Å². The minimum atomic E-state index is -0.204. The van der Waals surface area contributed by atoms with E-state index in [-0.39, 0.29) is 5.82 Å². The normalized spacial score (nSPS) is 10.2. The van der Waals surface area contributed by atoms with E-state index < -0.39 is 0 Å². The molecule has 0 bridgehead atoms. The van der Waals surface area contributed by atoms with Gasteiger partial charge in [0.05, 0.1) is 11.4 Å². The molecule has 1 aromatic carbocycles. The highest BCUT2D eigenvalue weighted by Crippen LogP contribution is 2.14. The summed E-state index contributed by atoms with van der Waals surface area (Å²) < 4.78 is 12.7. The zero-order valence-electron chi connectivity index (χ0n) is 9.78. The van der Waals surface area contributed by atoms with E-state index in [9.17, 15) is 4.39 Å². The van der Waals surface area contributed by atoms with Crippen LogP contribution in [0.4, 0.5) is 10.1 Å². The summed E-state index contributed by atoms with van der Waals surface area (Å²) in [5.74, 6) is -0.204. The summed E-state index contributed by atoms with van der Waals surface area (Å²) in [7, 11) is 0. The molecule has 0 aliphatic carbocycles. The van der Waals surface area contributed by atoms with Gasteiger partial charge in [-0.25, -0.2) is 4.39 Å². The molecule has 2 aromatic rings. The van der Waals surface area contributed by atoms with E-state index in [1.807, 2.05) is 12.1 Å². The maximum atomic E-state index is 12.7. The number of pyridine rings is 1. The zero-order chi connectivity index (χ0) is 12.1. The summed E-state index contributed by atoms with van der Waals surface area (Å²) in [5, 5.41) is 3.31. The standard InChI is InChI=1S/C14H15FN2/c1-2-13-14(4-3-9-16-13)17-10-11-5-7-12(15)8-6-11/h3-9,17H,2,10H2,1H3. The van der Waals surface area contributed by atoms with Crippen LogP contribution in [0.1, 0.15) is 18.2 Å². The lowest BCUT2D eigenvalue weighted by atomic mass is 10.2. The third kappa shape index (κ3) is 3.03. The Kier molecular flexibility index (Phi) is 3.70. The van der Waals surface area contributed by atoms with Crippen LogP contribution in [0.2, 0.25) is 0 Å². The fourth-order valence-electron chi connectivity index (χ4n) is 1.68. The average Bonchev–Trinajstić information content (AvgIpc) is 2.38. The summed E-state index contributed by atoms with van der Waals surface area (Å²) >= 11 is 0. The number of rotatable bonds is 4. The summed E-state index contributed by atoms with van der Waals surface area (Å²) in [6.45, 7) is 2.75. The van der Waals surface area contributed by atoms with Crippen molar-refractivity contribution in [3.8, 4) is 0 Å². The van der Waals surface area contributed by atoms with Crippen molar-refractivity contribution in [2.45, 2.75) is 19.9 Å². The molecule has 17 heavy (non-hydrogen) atoms. The van der Waals surface area contributed by atoms with Crippen molar-refractivity contribution in [1.29, 1.82) is 0 Å². The van der Waals surface area contributed by atoms with Gasteiger partial charge in [-0.05, 0) is 36.2 Å². The third-order valence-corrected chi connectivity index (χ3v) is 2.62. The Labute approximate surface area is 101 Å². The molecule has 2 rings (SSSR count). The van der Waals surface area contributed by atoms with Crippen molar-refractivity contribution in [1.82, 2.24) is 4.98 Å². The van der Waals surface area contributed by atoms with Crippen LogP contribution in [0, 0.1) is 5.82 Å². The molecule has 0 atom stereocenters. The molecule has 88 valence electrons. The number of aryl methyl sites for hydroxylation is 1. The van der Waals surface area contributed by atoms with Crippen LogP contribution in [0.15, 0.2) is 42.6 Å². The third-order valence-electron chi connectivity index (χ3n) is 2.62. The van der Waals surface area contributed by atoms with Gasteiger partial charge in [0.25, 0.3) is 0 Å². The second kappa shape index (κ2) is 5.43. The lowest BCUT2D eigenvalue weighted by Crippen LogP contribution is -2.03. The first-order valence-corrected chi connectivity index (χ1v) is 5.72. The Morgan fingerprint density at radius 1 is 1.18 bits per heavy atom. The maximum Gasteiger partial charge on any atom is 0.123 e. The molecule has 1 N–H and O–H groups in total. The Hall–Kier alpha value is -1.90. The van der Waals surface area contributed by atoms with Crippen molar-refractivity contribution in [3.05, 3.63) is 59.7 Å². The molecular formula is C14H15FN2. The molecule has 0 saturated carbocycles. The van der Waals surface area contributed by atoms with Crippen LogP contribution in [0.5, 0.6) is 0 Å². The number of hydrogen-bond acceptors (Lipinski definition) is 2. The molecule has 0 aliphatic rings. The van der Waals surface area contributed by atoms with Gasteiger partial charge in [-0.15, -0.1) is 0 Å². The van der Waals surface area contributed by atoms with E-state index in [1.165, 1.54) is 12.1 Å². The molecule has 3 heteroatoms. The molecule has 0 radical (unpaired) electrons. The molecular weight excluding hydrogens is 215 g/mol. The number of nitrogens with zero attached hydrogens (tertiary/aromatic N) is 1. The minimum absolute atomic E-state index is 0.204. The van der Waals surface area contributed by atoms with Crippen molar-refractivity contribution in [2.75, 3.05) is 5.32 Å². The van der Waals surface area contributed by atoms with Gasteiger partial charge in [0.2, 0.25) is 0 Å². The molecule has 0 unspecified atom stereocenters. The van der Waals surface area contributed by atoms with Crippen LogP contribution in [0.3, 0.4) is 0 Å². The van der Waals surface area contributed by atoms with Gasteiger partial charge in [-0.2, -0.15) is 0 Å². The number of halogens is 1. The SMILES string of the molecule is CCc1ncccc1NCc1ccc(F)cc1. The van der Waals surface area contributed by atoms with Gasteiger partial charge >= 0.3 is 0 Å². The molecule has 0 fully saturated rings. The highest BCUT2D eigenvalue weighted by Gasteiger charge is 2.00. The van der Waals surface area contributed by atoms with Crippen molar-refractivity contribution in [2.24, 2.45) is 0 Å². The number of benzene rings is 1. The Morgan fingerprint density at radius 2 is 1.94 bits per heavy atom. The second-order valence-electron chi connectivity index (χ2n) is 3.83. The van der Waals surface area contributed by atoms with Gasteiger partial charge in [-0.1, -0.05) is 19.1 Å². The number of nitrogens with one attached hydrogen (secondary N) is 1. The first-order valence-electron chi connectivity index (χ1n) is 5.72.